The van der Waals surface area contributed by atoms with Crippen molar-refractivity contribution in [2.45, 2.75) is 18.4 Å². The average molecular weight is 278 g/mol. The first-order valence-electron chi connectivity index (χ1n) is 7.08. The molecule has 0 atom stereocenters. The Bertz CT molecular complexity index is 473. The minimum absolute atomic E-state index is 0.0244. The molecule has 2 aliphatic rings. The number of likely N-dealkylation sites (tertiary alicyclic amines) is 1. The molecule has 2 aliphatic heterocycles. The van der Waals surface area contributed by atoms with Crippen LogP contribution >= 0.6 is 0 Å². The third-order valence-electron chi connectivity index (χ3n) is 4.19. The van der Waals surface area contributed by atoms with Crippen molar-refractivity contribution in [2.75, 3.05) is 32.8 Å². The molecule has 0 unspecified atom stereocenters. The van der Waals surface area contributed by atoms with Gasteiger partial charge in [0, 0.05) is 31.7 Å². The van der Waals surface area contributed by atoms with Crippen molar-refractivity contribution in [1.29, 1.82) is 0 Å². The summed E-state index contributed by atoms with van der Waals surface area (Å²) in [7, 11) is 0. The van der Waals surface area contributed by atoms with Crippen LogP contribution in [-0.4, -0.2) is 49.2 Å². The van der Waals surface area contributed by atoms with Crippen molar-refractivity contribution in [3.63, 3.8) is 0 Å². The van der Waals surface area contributed by atoms with Crippen LogP contribution in [0.15, 0.2) is 24.3 Å². The number of nitrogens with one attached hydrogen (secondary N) is 1. The van der Waals surface area contributed by atoms with Gasteiger partial charge in [-0.2, -0.15) is 0 Å². The normalized spacial score (nSPS) is 21.9. The van der Waals surface area contributed by atoms with Crippen LogP contribution in [0.25, 0.3) is 0 Å². The Labute approximate surface area is 117 Å². The van der Waals surface area contributed by atoms with Gasteiger partial charge in [0.15, 0.2) is 0 Å². The number of halogens is 1. The summed E-state index contributed by atoms with van der Waals surface area (Å²) in [6.07, 6.45) is 1.71. The second kappa shape index (κ2) is 5.50. The molecule has 2 fully saturated rings. The third kappa shape index (κ3) is 2.69. The number of carbonyl (C=O) groups excluding carboxylic acids is 1. The molecule has 4 nitrogen and oxygen atoms in total. The molecule has 3 rings (SSSR count). The largest absolute Gasteiger partial charge is 0.372 e. The first-order valence-corrected chi connectivity index (χ1v) is 7.08. The van der Waals surface area contributed by atoms with Gasteiger partial charge < -0.3 is 15.0 Å². The first-order chi connectivity index (χ1) is 9.69. The van der Waals surface area contributed by atoms with Crippen molar-refractivity contribution in [3.05, 3.63) is 35.6 Å². The smallest absolute Gasteiger partial charge is 0.253 e. The van der Waals surface area contributed by atoms with Gasteiger partial charge in [-0.3, -0.25) is 4.79 Å². The van der Waals surface area contributed by atoms with Gasteiger partial charge in [0.05, 0.1) is 12.2 Å². The van der Waals surface area contributed by atoms with E-state index in [0.29, 0.717) is 18.7 Å². The Morgan fingerprint density at radius 2 is 1.95 bits per heavy atom. The Kier molecular flexibility index (Phi) is 3.72. The monoisotopic (exact) mass is 278 g/mol. The molecule has 1 amide bonds. The zero-order chi connectivity index (χ0) is 14.0. The lowest BCUT2D eigenvalue weighted by atomic mass is 9.89. The van der Waals surface area contributed by atoms with Gasteiger partial charge in [-0.15, -0.1) is 0 Å². The van der Waals surface area contributed by atoms with E-state index in [2.05, 4.69) is 5.32 Å². The number of amides is 1. The van der Waals surface area contributed by atoms with Gasteiger partial charge in [0.25, 0.3) is 5.91 Å². The maximum Gasteiger partial charge on any atom is 0.253 e. The zero-order valence-corrected chi connectivity index (χ0v) is 11.4. The Morgan fingerprint density at radius 3 is 2.55 bits per heavy atom. The van der Waals surface area contributed by atoms with Crippen molar-refractivity contribution < 1.29 is 13.9 Å². The van der Waals surface area contributed by atoms with Crippen LogP contribution in [-0.2, 0) is 4.74 Å². The van der Waals surface area contributed by atoms with Crippen molar-refractivity contribution in [1.82, 2.24) is 10.2 Å². The van der Waals surface area contributed by atoms with E-state index in [-0.39, 0.29) is 17.3 Å². The SMILES string of the molecule is O=C(c1ccc(F)cc1)N1CCC2(CC1)CNCCO2. The summed E-state index contributed by atoms with van der Waals surface area (Å²) in [5, 5.41) is 3.36. The molecule has 1 N–H and O–H groups in total. The lowest BCUT2D eigenvalue weighted by Crippen LogP contribution is -2.56. The topological polar surface area (TPSA) is 41.6 Å². The molecule has 0 saturated carbocycles. The molecule has 0 aliphatic carbocycles. The quantitative estimate of drug-likeness (QED) is 0.845. The van der Waals surface area contributed by atoms with Gasteiger partial charge in [0.2, 0.25) is 0 Å². The maximum atomic E-state index is 12.9. The van der Waals surface area contributed by atoms with Crippen LogP contribution in [0.4, 0.5) is 4.39 Å². The van der Waals surface area contributed by atoms with Gasteiger partial charge in [-0.1, -0.05) is 0 Å². The Hall–Kier alpha value is -1.46. The first kappa shape index (κ1) is 13.5. The minimum atomic E-state index is -0.319. The van der Waals surface area contributed by atoms with Crippen LogP contribution in [0.2, 0.25) is 0 Å². The van der Waals surface area contributed by atoms with Gasteiger partial charge in [0.1, 0.15) is 5.82 Å². The number of rotatable bonds is 1. The molecule has 20 heavy (non-hydrogen) atoms. The number of carbonyl (C=O) groups is 1. The molecule has 2 heterocycles. The summed E-state index contributed by atoms with van der Waals surface area (Å²) in [5.74, 6) is -0.343. The van der Waals surface area contributed by atoms with Gasteiger partial charge in [-0.05, 0) is 37.1 Å². The van der Waals surface area contributed by atoms with Crippen LogP contribution in [0, 0.1) is 5.82 Å². The fourth-order valence-corrected chi connectivity index (χ4v) is 2.92. The highest BCUT2D eigenvalue weighted by atomic mass is 19.1. The average Bonchev–Trinajstić information content (AvgIpc) is 2.49. The number of hydrogen-bond donors (Lipinski definition) is 1. The second-order valence-corrected chi connectivity index (χ2v) is 5.51. The maximum absolute atomic E-state index is 12.9. The van der Waals surface area contributed by atoms with Gasteiger partial charge in [-0.25, -0.2) is 4.39 Å². The van der Waals surface area contributed by atoms with Crippen LogP contribution in [0.1, 0.15) is 23.2 Å². The predicted octanol–water partition coefficient (Wildman–Crippen LogP) is 1.42. The fraction of sp³-hybridized carbons (Fsp3) is 0.533. The highest BCUT2D eigenvalue weighted by molar-refractivity contribution is 5.94. The molecular weight excluding hydrogens is 259 g/mol. The molecule has 0 aromatic heterocycles. The number of piperidine rings is 1. The van der Waals surface area contributed by atoms with E-state index in [4.69, 9.17) is 4.74 Å². The highest BCUT2D eigenvalue weighted by Gasteiger charge is 2.38. The number of morpholine rings is 1. The molecule has 5 heteroatoms. The molecule has 0 radical (unpaired) electrons. The number of hydrogen-bond acceptors (Lipinski definition) is 3. The fourth-order valence-electron chi connectivity index (χ4n) is 2.92. The van der Waals surface area contributed by atoms with Crippen LogP contribution in [0.5, 0.6) is 0 Å². The van der Waals surface area contributed by atoms with E-state index >= 15 is 0 Å². The minimum Gasteiger partial charge on any atom is -0.372 e. The lowest BCUT2D eigenvalue weighted by Gasteiger charge is -2.44. The van der Waals surface area contributed by atoms with E-state index in [1.807, 2.05) is 4.90 Å². The second-order valence-electron chi connectivity index (χ2n) is 5.51. The van der Waals surface area contributed by atoms with Crippen molar-refractivity contribution in [3.8, 4) is 0 Å². The summed E-state index contributed by atoms with van der Waals surface area (Å²) in [6.45, 7) is 3.90. The number of benzene rings is 1. The molecule has 1 aromatic rings. The molecule has 2 saturated heterocycles. The van der Waals surface area contributed by atoms with Crippen LogP contribution < -0.4 is 5.32 Å². The third-order valence-corrected chi connectivity index (χ3v) is 4.19. The van der Waals surface area contributed by atoms with Crippen LogP contribution in [0.3, 0.4) is 0 Å². The van der Waals surface area contributed by atoms with Crippen molar-refractivity contribution >= 4 is 5.91 Å². The highest BCUT2D eigenvalue weighted by Crippen LogP contribution is 2.28. The van der Waals surface area contributed by atoms with E-state index in [1.54, 1.807) is 12.1 Å². The van der Waals surface area contributed by atoms with E-state index < -0.39 is 0 Å². The molecule has 1 spiro atoms. The standard InChI is InChI=1S/C15H19FN2O2/c16-13-3-1-12(2-4-13)14(19)18-8-5-15(6-9-18)11-17-7-10-20-15/h1-4,17H,5-11H2. The molecular formula is C15H19FN2O2. The van der Waals surface area contributed by atoms with E-state index in [1.165, 1.54) is 12.1 Å². The summed E-state index contributed by atoms with van der Waals surface area (Å²) >= 11 is 0. The van der Waals surface area contributed by atoms with E-state index in [0.717, 1.165) is 32.5 Å². The number of nitrogens with zero attached hydrogens (tertiary/aromatic N) is 1. The summed E-state index contributed by atoms with van der Waals surface area (Å²) in [5.41, 5.74) is 0.447. The zero-order valence-electron chi connectivity index (χ0n) is 11.4. The predicted molar refractivity (Wildman–Crippen MR) is 73.1 cm³/mol. The Morgan fingerprint density at radius 1 is 1.25 bits per heavy atom. The summed E-state index contributed by atoms with van der Waals surface area (Å²) in [4.78, 5) is 14.2. The molecule has 1 aromatic carbocycles. The molecule has 108 valence electrons. The summed E-state index contributed by atoms with van der Waals surface area (Å²) in [6, 6.07) is 5.74. The van der Waals surface area contributed by atoms with Crippen molar-refractivity contribution in [2.24, 2.45) is 0 Å². The van der Waals surface area contributed by atoms with Gasteiger partial charge >= 0.3 is 0 Å². The Balaban J connectivity index is 1.62. The molecule has 0 bridgehead atoms. The number of ether oxygens (including phenoxy) is 1. The van der Waals surface area contributed by atoms with E-state index in [9.17, 15) is 9.18 Å². The lowest BCUT2D eigenvalue weighted by molar-refractivity contribution is -0.0954. The summed E-state index contributed by atoms with van der Waals surface area (Å²) < 4.78 is 18.8.